The molecule has 3 rings (SSSR count). The molecular formula is C19H19N3O3. The third-order valence-corrected chi connectivity index (χ3v) is 3.90. The molecule has 6 heteroatoms. The fourth-order valence-electron chi connectivity index (χ4n) is 2.51. The lowest BCUT2D eigenvalue weighted by molar-refractivity contribution is 0.354. The number of aromatic amines is 1. The van der Waals surface area contributed by atoms with Crippen molar-refractivity contribution in [1.82, 2.24) is 15.2 Å². The minimum Gasteiger partial charge on any atom is -0.493 e. The van der Waals surface area contributed by atoms with Gasteiger partial charge in [0, 0.05) is 12.0 Å². The summed E-state index contributed by atoms with van der Waals surface area (Å²) in [5.41, 5.74) is 3.01. The maximum absolute atomic E-state index is 12.1. The van der Waals surface area contributed by atoms with E-state index < -0.39 is 0 Å². The number of aromatic nitrogens is 3. The Bertz CT molecular complexity index is 933. The lowest BCUT2D eigenvalue weighted by atomic mass is 10.1. The molecule has 6 nitrogen and oxygen atoms in total. The average molecular weight is 337 g/mol. The van der Waals surface area contributed by atoms with Gasteiger partial charge in [0.25, 0.3) is 5.56 Å². The molecule has 0 unspecified atom stereocenters. The Balaban J connectivity index is 1.93. The molecule has 128 valence electrons. The number of hydrogen-bond donors (Lipinski definition) is 1. The van der Waals surface area contributed by atoms with E-state index in [0.29, 0.717) is 29.4 Å². The number of nitrogens with zero attached hydrogens (tertiary/aromatic N) is 2. The predicted molar refractivity (Wildman–Crippen MR) is 95.2 cm³/mol. The van der Waals surface area contributed by atoms with Crippen LogP contribution in [-0.4, -0.2) is 29.4 Å². The summed E-state index contributed by atoms with van der Waals surface area (Å²) in [7, 11) is 3.16. The molecule has 0 fully saturated rings. The van der Waals surface area contributed by atoms with Gasteiger partial charge >= 0.3 is 0 Å². The monoisotopic (exact) mass is 337 g/mol. The normalized spacial score (nSPS) is 10.5. The van der Waals surface area contributed by atoms with Gasteiger partial charge in [-0.2, -0.15) is 5.10 Å². The highest BCUT2D eigenvalue weighted by Crippen LogP contribution is 2.28. The van der Waals surface area contributed by atoms with Gasteiger partial charge in [0.05, 0.1) is 14.2 Å². The van der Waals surface area contributed by atoms with Gasteiger partial charge in [-0.25, -0.2) is 10.1 Å². The van der Waals surface area contributed by atoms with Crippen LogP contribution in [0.5, 0.6) is 11.5 Å². The van der Waals surface area contributed by atoms with Crippen molar-refractivity contribution in [2.75, 3.05) is 14.2 Å². The van der Waals surface area contributed by atoms with Crippen molar-refractivity contribution in [1.29, 1.82) is 0 Å². The number of H-pyrrole nitrogens is 1. The molecule has 25 heavy (non-hydrogen) atoms. The van der Waals surface area contributed by atoms with Crippen LogP contribution in [0.25, 0.3) is 11.4 Å². The van der Waals surface area contributed by atoms with Gasteiger partial charge in [0.15, 0.2) is 17.3 Å². The summed E-state index contributed by atoms with van der Waals surface area (Å²) in [6, 6.07) is 13.4. The number of hydrogen-bond acceptors (Lipinski definition) is 5. The van der Waals surface area contributed by atoms with E-state index in [2.05, 4.69) is 15.2 Å². The SMILES string of the molecule is COc1ccc(Cc2nc(-c3ccc(C)cc3)n[nH]c2=O)cc1OC. The number of nitrogens with one attached hydrogen (secondary N) is 1. The molecule has 0 aliphatic heterocycles. The fourth-order valence-corrected chi connectivity index (χ4v) is 2.51. The first-order valence-electron chi connectivity index (χ1n) is 7.84. The molecule has 0 saturated carbocycles. The Morgan fingerprint density at radius 3 is 2.40 bits per heavy atom. The van der Waals surface area contributed by atoms with Crippen molar-refractivity contribution < 1.29 is 9.47 Å². The standard InChI is InChI=1S/C19H19N3O3/c1-12-4-7-14(8-5-12)18-20-15(19(23)22-21-18)10-13-6-9-16(24-2)17(11-13)25-3/h4-9,11H,10H2,1-3H3,(H,22,23). The van der Waals surface area contributed by atoms with Crippen LogP contribution in [0.4, 0.5) is 0 Å². The van der Waals surface area contributed by atoms with Gasteiger partial charge in [0.1, 0.15) is 5.69 Å². The molecular weight excluding hydrogens is 318 g/mol. The summed E-state index contributed by atoms with van der Waals surface area (Å²) in [6.07, 6.45) is 0.372. The van der Waals surface area contributed by atoms with Crippen molar-refractivity contribution in [3.05, 3.63) is 69.6 Å². The molecule has 0 radical (unpaired) electrons. The van der Waals surface area contributed by atoms with E-state index in [1.807, 2.05) is 49.4 Å². The van der Waals surface area contributed by atoms with Crippen molar-refractivity contribution in [2.24, 2.45) is 0 Å². The lowest BCUT2D eigenvalue weighted by Gasteiger charge is -2.09. The largest absolute Gasteiger partial charge is 0.493 e. The maximum atomic E-state index is 12.1. The molecule has 0 spiro atoms. The van der Waals surface area contributed by atoms with Gasteiger partial charge in [-0.15, -0.1) is 0 Å². The van der Waals surface area contributed by atoms with E-state index in [4.69, 9.17) is 9.47 Å². The van der Waals surface area contributed by atoms with Crippen molar-refractivity contribution in [2.45, 2.75) is 13.3 Å². The molecule has 0 atom stereocenters. The Hall–Kier alpha value is -3.15. The van der Waals surface area contributed by atoms with Crippen LogP contribution in [0.15, 0.2) is 47.3 Å². The summed E-state index contributed by atoms with van der Waals surface area (Å²) in [4.78, 5) is 16.5. The summed E-state index contributed by atoms with van der Waals surface area (Å²) in [5.74, 6) is 1.75. The maximum Gasteiger partial charge on any atom is 0.286 e. The molecule has 0 aliphatic rings. The number of methoxy groups -OCH3 is 2. The Kier molecular flexibility index (Phi) is 4.79. The van der Waals surface area contributed by atoms with E-state index in [9.17, 15) is 4.79 Å². The first-order chi connectivity index (χ1) is 12.1. The molecule has 1 N–H and O–H groups in total. The highest BCUT2D eigenvalue weighted by Gasteiger charge is 2.11. The van der Waals surface area contributed by atoms with Crippen LogP contribution >= 0.6 is 0 Å². The van der Waals surface area contributed by atoms with Crippen LogP contribution in [0.3, 0.4) is 0 Å². The Morgan fingerprint density at radius 2 is 1.72 bits per heavy atom. The zero-order valence-corrected chi connectivity index (χ0v) is 14.4. The van der Waals surface area contributed by atoms with Crippen LogP contribution in [0.2, 0.25) is 0 Å². The minimum atomic E-state index is -0.300. The quantitative estimate of drug-likeness (QED) is 0.774. The zero-order chi connectivity index (χ0) is 17.8. The van der Waals surface area contributed by atoms with Crippen LogP contribution in [-0.2, 0) is 6.42 Å². The topological polar surface area (TPSA) is 77.1 Å². The van der Waals surface area contributed by atoms with E-state index in [1.54, 1.807) is 14.2 Å². The second-order valence-electron chi connectivity index (χ2n) is 5.67. The van der Waals surface area contributed by atoms with Gasteiger partial charge < -0.3 is 9.47 Å². The van der Waals surface area contributed by atoms with Crippen molar-refractivity contribution >= 4 is 0 Å². The highest BCUT2D eigenvalue weighted by atomic mass is 16.5. The van der Waals surface area contributed by atoms with E-state index in [0.717, 1.165) is 16.7 Å². The number of aryl methyl sites for hydroxylation is 1. The molecule has 2 aromatic carbocycles. The third kappa shape index (κ3) is 3.68. The van der Waals surface area contributed by atoms with Crippen molar-refractivity contribution in [3.8, 4) is 22.9 Å². The Labute approximate surface area is 145 Å². The number of benzene rings is 2. The average Bonchev–Trinajstić information content (AvgIpc) is 2.64. The summed E-state index contributed by atoms with van der Waals surface area (Å²) < 4.78 is 10.5. The van der Waals surface area contributed by atoms with Gasteiger partial charge in [0.2, 0.25) is 0 Å². The van der Waals surface area contributed by atoms with E-state index in [-0.39, 0.29) is 5.56 Å². The molecule has 3 aromatic rings. The predicted octanol–water partition coefficient (Wildman–Crippen LogP) is 2.75. The van der Waals surface area contributed by atoms with Gasteiger partial charge in [-0.05, 0) is 24.6 Å². The molecule has 1 heterocycles. The first-order valence-corrected chi connectivity index (χ1v) is 7.84. The molecule has 0 saturated heterocycles. The fraction of sp³-hybridized carbons (Fsp3) is 0.211. The lowest BCUT2D eigenvalue weighted by Crippen LogP contribution is -2.18. The second kappa shape index (κ2) is 7.17. The van der Waals surface area contributed by atoms with Crippen LogP contribution in [0, 0.1) is 6.92 Å². The van der Waals surface area contributed by atoms with Gasteiger partial charge in [-0.1, -0.05) is 35.9 Å². The molecule has 0 amide bonds. The molecule has 0 aliphatic carbocycles. The molecule has 0 bridgehead atoms. The molecule has 1 aromatic heterocycles. The summed E-state index contributed by atoms with van der Waals surface area (Å²) in [6.45, 7) is 2.01. The highest BCUT2D eigenvalue weighted by molar-refractivity contribution is 5.54. The van der Waals surface area contributed by atoms with E-state index in [1.165, 1.54) is 0 Å². The summed E-state index contributed by atoms with van der Waals surface area (Å²) >= 11 is 0. The van der Waals surface area contributed by atoms with Gasteiger partial charge in [-0.3, -0.25) is 4.79 Å². The number of ether oxygens (including phenoxy) is 2. The van der Waals surface area contributed by atoms with Crippen LogP contribution < -0.4 is 15.0 Å². The smallest absolute Gasteiger partial charge is 0.286 e. The number of rotatable bonds is 5. The minimum absolute atomic E-state index is 0.300. The van der Waals surface area contributed by atoms with E-state index >= 15 is 0 Å². The van der Waals surface area contributed by atoms with Crippen molar-refractivity contribution in [3.63, 3.8) is 0 Å². The summed E-state index contributed by atoms with van der Waals surface area (Å²) in [5, 5.41) is 6.58. The first kappa shape index (κ1) is 16.7. The second-order valence-corrected chi connectivity index (χ2v) is 5.67. The Morgan fingerprint density at radius 1 is 1.00 bits per heavy atom. The van der Waals surface area contributed by atoms with Crippen LogP contribution in [0.1, 0.15) is 16.8 Å². The zero-order valence-electron chi connectivity index (χ0n) is 14.4. The third-order valence-electron chi connectivity index (χ3n) is 3.90.